The molecule has 0 amide bonds. The lowest BCUT2D eigenvalue weighted by molar-refractivity contribution is 0.867. The Morgan fingerprint density at radius 1 is 1.21 bits per heavy atom. The van der Waals surface area contributed by atoms with Gasteiger partial charge < -0.3 is 0 Å². The summed E-state index contributed by atoms with van der Waals surface area (Å²) in [6.07, 6.45) is 5.71. The quantitative estimate of drug-likeness (QED) is 0.716. The Balaban J connectivity index is 1.97. The summed E-state index contributed by atoms with van der Waals surface area (Å²) >= 11 is 1.58. The van der Waals surface area contributed by atoms with Gasteiger partial charge in [-0.15, -0.1) is 11.3 Å². The molecule has 2 heterocycles. The second-order valence-corrected chi connectivity index (χ2v) is 5.64. The maximum Gasteiger partial charge on any atom is 0.210 e. The van der Waals surface area contributed by atoms with Gasteiger partial charge in [0, 0.05) is 23.3 Å². The van der Waals surface area contributed by atoms with Crippen LogP contribution in [0.1, 0.15) is 25.3 Å². The maximum absolute atomic E-state index is 4.37. The molecule has 0 aliphatic heterocycles. The van der Waals surface area contributed by atoms with Crippen LogP contribution in [0, 0.1) is 0 Å². The predicted octanol–water partition coefficient (Wildman–Crippen LogP) is 4.12. The molecule has 0 saturated carbocycles. The summed E-state index contributed by atoms with van der Waals surface area (Å²) in [6, 6.07) is 8.62. The molecule has 3 rings (SSSR count). The molecule has 0 saturated heterocycles. The first-order chi connectivity index (χ1) is 9.24. The van der Waals surface area contributed by atoms with Crippen LogP contribution in [-0.2, 0) is 0 Å². The average Bonchev–Trinajstić information content (AvgIpc) is 3.09. The normalized spacial score (nSPS) is 11.1. The van der Waals surface area contributed by atoms with E-state index in [0.29, 0.717) is 5.92 Å². The van der Waals surface area contributed by atoms with Crippen molar-refractivity contribution in [1.29, 1.82) is 0 Å². The van der Waals surface area contributed by atoms with Gasteiger partial charge in [0.2, 0.25) is 5.13 Å². The third-order valence-electron chi connectivity index (χ3n) is 3.08. The number of nitrogens with zero attached hydrogens (tertiary/aromatic N) is 3. The van der Waals surface area contributed by atoms with Crippen molar-refractivity contribution in [1.82, 2.24) is 14.8 Å². The molecule has 0 fully saturated rings. The Morgan fingerprint density at radius 3 is 2.84 bits per heavy atom. The molecule has 3 nitrogen and oxygen atoms in total. The Bertz CT molecular complexity index is 668. The van der Waals surface area contributed by atoms with Gasteiger partial charge in [-0.3, -0.25) is 0 Å². The van der Waals surface area contributed by atoms with E-state index in [1.54, 1.807) is 17.5 Å². The fourth-order valence-electron chi connectivity index (χ4n) is 1.98. The number of rotatable bonds is 3. The summed E-state index contributed by atoms with van der Waals surface area (Å²) in [7, 11) is 0. The van der Waals surface area contributed by atoms with Crippen molar-refractivity contribution in [2.24, 2.45) is 0 Å². The van der Waals surface area contributed by atoms with Gasteiger partial charge in [-0.1, -0.05) is 38.1 Å². The monoisotopic (exact) mass is 269 g/mol. The number of hydrogen-bond donors (Lipinski definition) is 0. The molecule has 0 aliphatic rings. The fraction of sp³-hybridized carbons (Fsp3) is 0.200. The number of aromatic nitrogens is 3. The highest BCUT2D eigenvalue weighted by Gasteiger charge is 2.06. The largest absolute Gasteiger partial charge is 0.227 e. The fourth-order valence-corrected chi connectivity index (χ4v) is 2.56. The molecular formula is C15H15N3S. The van der Waals surface area contributed by atoms with Gasteiger partial charge in [0.05, 0.1) is 6.20 Å². The molecule has 96 valence electrons. The molecule has 0 bridgehead atoms. The zero-order valence-electron chi connectivity index (χ0n) is 10.9. The average molecular weight is 269 g/mol. The maximum atomic E-state index is 4.37. The van der Waals surface area contributed by atoms with Gasteiger partial charge in [0.25, 0.3) is 0 Å². The lowest BCUT2D eigenvalue weighted by atomic mass is 9.99. The predicted molar refractivity (Wildman–Crippen MR) is 78.8 cm³/mol. The van der Waals surface area contributed by atoms with E-state index in [-0.39, 0.29) is 0 Å². The summed E-state index contributed by atoms with van der Waals surface area (Å²) in [5.74, 6) is 0.536. The van der Waals surface area contributed by atoms with Gasteiger partial charge in [0.1, 0.15) is 0 Å². The molecule has 0 unspecified atom stereocenters. The summed E-state index contributed by atoms with van der Waals surface area (Å²) < 4.78 is 1.82. The molecule has 0 aliphatic carbocycles. The zero-order chi connectivity index (χ0) is 13.2. The van der Waals surface area contributed by atoms with Crippen molar-refractivity contribution in [3.63, 3.8) is 0 Å². The van der Waals surface area contributed by atoms with Crippen LogP contribution in [-0.4, -0.2) is 14.8 Å². The molecule has 0 N–H and O–H groups in total. The van der Waals surface area contributed by atoms with Crippen LogP contribution in [0.25, 0.3) is 16.3 Å². The Hall–Kier alpha value is -1.94. The van der Waals surface area contributed by atoms with Crippen LogP contribution in [0.3, 0.4) is 0 Å². The summed E-state index contributed by atoms with van der Waals surface area (Å²) in [4.78, 5) is 4.26. The number of thiazole rings is 1. The Morgan fingerprint density at radius 2 is 2.11 bits per heavy atom. The van der Waals surface area contributed by atoms with Crippen LogP contribution in [0.2, 0.25) is 0 Å². The van der Waals surface area contributed by atoms with Crippen LogP contribution in [0.15, 0.2) is 48.2 Å². The van der Waals surface area contributed by atoms with E-state index >= 15 is 0 Å². The third-order valence-corrected chi connectivity index (χ3v) is 3.85. The third kappa shape index (κ3) is 2.44. The minimum atomic E-state index is 0.536. The van der Waals surface area contributed by atoms with Crippen molar-refractivity contribution < 1.29 is 0 Å². The lowest BCUT2D eigenvalue weighted by Crippen LogP contribution is -1.91. The minimum Gasteiger partial charge on any atom is -0.227 e. The number of benzene rings is 1. The summed E-state index contributed by atoms with van der Waals surface area (Å²) in [5.41, 5.74) is 3.67. The Labute approximate surface area is 116 Å². The van der Waals surface area contributed by atoms with Gasteiger partial charge >= 0.3 is 0 Å². The van der Waals surface area contributed by atoms with Gasteiger partial charge in [-0.2, -0.15) is 5.10 Å². The molecular weight excluding hydrogens is 254 g/mol. The Kier molecular flexibility index (Phi) is 3.17. The highest BCUT2D eigenvalue weighted by atomic mass is 32.1. The van der Waals surface area contributed by atoms with E-state index in [1.807, 2.05) is 22.5 Å². The van der Waals surface area contributed by atoms with Crippen LogP contribution >= 0.6 is 11.3 Å². The van der Waals surface area contributed by atoms with Crippen molar-refractivity contribution in [3.05, 3.63) is 53.8 Å². The summed E-state index contributed by atoms with van der Waals surface area (Å²) in [6.45, 7) is 4.41. The first kappa shape index (κ1) is 12.1. The summed E-state index contributed by atoms with van der Waals surface area (Å²) in [5, 5.41) is 7.22. The second kappa shape index (κ2) is 4.97. The molecule has 0 atom stereocenters. The van der Waals surface area contributed by atoms with Gasteiger partial charge in [-0.25, -0.2) is 9.67 Å². The van der Waals surface area contributed by atoms with Gasteiger partial charge in [-0.05, 0) is 17.0 Å². The zero-order valence-corrected chi connectivity index (χ0v) is 11.8. The van der Waals surface area contributed by atoms with Crippen LogP contribution in [0.4, 0.5) is 0 Å². The van der Waals surface area contributed by atoms with Crippen molar-refractivity contribution in [2.75, 3.05) is 0 Å². The molecule has 4 heteroatoms. The number of hydrogen-bond acceptors (Lipinski definition) is 3. The SMILES string of the molecule is CC(C)c1cccc(-c2cnn(-c3nccs3)c2)c1. The standard InChI is InChI=1S/C15H15N3S/c1-11(2)12-4-3-5-13(8-12)14-9-17-18(10-14)15-16-6-7-19-15/h3-11H,1-2H3. The molecule has 1 aromatic carbocycles. The van der Waals surface area contributed by atoms with E-state index in [9.17, 15) is 0 Å². The van der Waals surface area contributed by atoms with Gasteiger partial charge in [0.15, 0.2) is 0 Å². The smallest absolute Gasteiger partial charge is 0.210 e. The van der Waals surface area contributed by atoms with Crippen LogP contribution in [0.5, 0.6) is 0 Å². The van der Waals surface area contributed by atoms with E-state index in [0.717, 1.165) is 10.7 Å². The highest BCUT2D eigenvalue weighted by molar-refractivity contribution is 7.12. The molecule has 3 aromatic rings. The molecule has 19 heavy (non-hydrogen) atoms. The topological polar surface area (TPSA) is 30.7 Å². The molecule has 0 radical (unpaired) electrons. The first-order valence-electron chi connectivity index (χ1n) is 6.29. The first-order valence-corrected chi connectivity index (χ1v) is 7.17. The van der Waals surface area contributed by atoms with E-state index in [1.165, 1.54) is 11.1 Å². The van der Waals surface area contributed by atoms with Crippen molar-refractivity contribution in [3.8, 4) is 16.3 Å². The molecule has 0 spiro atoms. The second-order valence-electron chi connectivity index (χ2n) is 4.77. The van der Waals surface area contributed by atoms with E-state index in [4.69, 9.17) is 0 Å². The van der Waals surface area contributed by atoms with E-state index in [2.05, 4.69) is 48.2 Å². The molecule has 2 aromatic heterocycles. The van der Waals surface area contributed by atoms with Crippen molar-refractivity contribution >= 4 is 11.3 Å². The minimum absolute atomic E-state index is 0.536. The van der Waals surface area contributed by atoms with E-state index < -0.39 is 0 Å². The lowest BCUT2D eigenvalue weighted by Gasteiger charge is -2.06. The van der Waals surface area contributed by atoms with Crippen LogP contribution < -0.4 is 0 Å². The highest BCUT2D eigenvalue weighted by Crippen LogP contribution is 2.24. The van der Waals surface area contributed by atoms with Crippen molar-refractivity contribution in [2.45, 2.75) is 19.8 Å².